The number of nitrogens with zero attached hydrogens (tertiary/aromatic N) is 1. The van der Waals surface area contributed by atoms with Crippen molar-refractivity contribution in [1.82, 2.24) is 4.98 Å². The summed E-state index contributed by atoms with van der Waals surface area (Å²) in [4.78, 5) is 15.9. The first kappa shape index (κ1) is 13.7. The van der Waals surface area contributed by atoms with Crippen molar-refractivity contribution in [3.63, 3.8) is 0 Å². The molecule has 1 N–H and O–H groups in total. The van der Waals surface area contributed by atoms with Crippen molar-refractivity contribution in [3.05, 3.63) is 45.9 Å². The predicted molar refractivity (Wildman–Crippen MR) is 80.1 cm³/mol. The Labute approximate surface area is 117 Å². The standard InChI is InChI=1S/C15H18N2OS/c1-3-14(18)12-4-6-13(7-5-12)16-9-8-15-17-11(2)10-19-15/h4-7,10,16H,3,8-9H2,1-2H3. The van der Waals surface area contributed by atoms with Gasteiger partial charge in [-0.2, -0.15) is 0 Å². The maximum atomic E-state index is 11.5. The molecule has 19 heavy (non-hydrogen) atoms. The number of nitrogens with one attached hydrogen (secondary N) is 1. The van der Waals surface area contributed by atoms with Crippen molar-refractivity contribution in [3.8, 4) is 0 Å². The molecule has 3 nitrogen and oxygen atoms in total. The van der Waals surface area contributed by atoms with Crippen molar-refractivity contribution in [2.45, 2.75) is 26.7 Å². The first-order valence-corrected chi connectivity index (χ1v) is 7.35. The second kappa shape index (κ2) is 6.48. The third-order valence-electron chi connectivity index (χ3n) is 2.86. The number of hydrogen-bond acceptors (Lipinski definition) is 4. The number of ketones is 1. The molecule has 0 radical (unpaired) electrons. The molecule has 0 atom stereocenters. The van der Waals surface area contributed by atoms with Crippen LogP contribution in [-0.4, -0.2) is 17.3 Å². The van der Waals surface area contributed by atoms with E-state index in [1.54, 1.807) is 11.3 Å². The summed E-state index contributed by atoms with van der Waals surface area (Å²) < 4.78 is 0. The molecule has 0 aliphatic rings. The Kier molecular flexibility index (Phi) is 4.68. The van der Waals surface area contributed by atoms with E-state index in [9.17, 15) is 4.79 Å². The third-order valence-corrected chi connectivity index (χ3v) is 3.89. The second-order valence-electron chi connectivity index (χ2n) is 4.41. The molecular weight excluding hydrogens is 256 g/mol. The fourth-order valence-corrected chi connectivity index (χ4v) is 2.59. The normalized spacial score (nSPS) is 10.4. The Hall–Kier alpha value is -1.68. The van der Waals surface area contributed by atoms with Crippen LogP contribution in [0, 0.1) is 6.92 Å². The van der Waals surface area contributed by atoms with Gasteiger partial charge in [0.25, 0.3) is 0 Å². The van der Waals surface area contributed by atoms with Gasteiger partial charge >= 0.3 is 0 Å². The highest BCUT2D eigenvalue weighted by Gasteiger charge is 2.02. The first-order valence-electron chi connectivity index (χ1n) is 6.47. The highest BCUT2D eigenvalue weighted by molar-refractivity contribution is 7.09. The Morgan fingerprint density at radius 3 is 2.63 bits per heavy atom. The molecule has 0 aliphatic heterocycles. The van der Waals surface area contributed by atoms with Gasteiger partial charge in [0.05, 0.1) is 5.01 Å². The van der Waals surface area contributed by atoms with Crippen LogP contribution in [0.15, 0.2) is 29.6 Å². The quantitative estimate of drug-likeness (QED) is 0.817. The summed E-state index contributed by atoms with van der Waals surface area (Å²) in [7, 11) is 0. The zero-order valence-corrected chi connectivity index (χ0v) is 12.1. The van der Waals surface area contributed by atoms with Crippen molar-refractivity contribution in [2.75, 3.05) is 11.9 Å². The predicted octanol–water partition coefficient (Wildman–Crippen LogP) is 3.70. The Balaban J connectivity index is 1.84. The lowest BCUT2D eigenvalue weighted by Crippen LogP contribution is -2.05. The Morgan fingerprint density at radius 1 is 1.32 bits per heavy atom. The topological polar surface area (TPSA) is 42.0 Å². The molecule has 0 spiro atoms. The van der Waals surface area contributed by atoms with Crippen molar-refractivity contribution < 1.29 is 4.79 Å². The zero-order valence-electron chi connectivity index (χ0n) is 11.3. The van der Waals surface area contributed by atoms with Gasteiger partial charge in [0.1, 0.15) is 0 Å². The molecule has 100 valence electrons. The highest BCUT2D eigenvalue weighted by Crippen LogP contribution is 2.13. The summed E-state index contributed by atoms with van der Waals surface area (Å²) >= 11 is 1.70. The van der Waals surface area contributed by atoms with E-state index in [2.05, 4.69) is 15.7 Å². The van der Waals surface area contributed by atoms with Crippen LogP contribution in [-0.2, 0) is 6.42 Å². The molecule has 4 heteroatoms. The number of benzene rings is 1. The molecule has 0 saturated carbocycles. The fraction of sp³-hybridized carbons (Fsp3) is 0.333. The number of rotatable bonds is 6. The van der Waals surface area contributed by atoms with Crippen LogP contribution in [0.2, 0.25) is 0 Å². The molecule has 0 amide bonds. The summed E-state index contributed by atoms with van der Waals surface area (Å²) in [5, 5.41) is 6.57. The van der Waals surface area contributed by atoms with Crippen molar-refractivity contribution >= 4 is 22.8 Å². The van der Waals surface area contributed by atoms with Crippen molar-refractivity contribution in [2.24, 2.45) is 0 Å². The number of carbonyl (C=O) groups is 1. The Bertz CT molecular complexity index is 546. The molecule has 0 bridgehead atoms. The number of Topliss-reactive ketones (excluding diaryl/α,β-unsaturated/α-hetero) is 1. The van der Waals surface area contributed by atoms with E-state index >= 15 is 0 Å². The summed E-state index contributed by atoms with van der Waals surface area (Å²) in [5.74, 6) is 0.185. The number of aryl methyl sites for hydroxylation is 1. The van der Waals surface area contributed by atoms with Crippen LogP contribution in [0.4, 0.5) is 5.69 Å². The number of anilines is 1. The molecular formula is C15H18N2OS. The van der Waals surface area contributed by atoms with E-state index in [0.29, 0.717) is 6.42 Å². The molecule has 1 heterocycles. The van der Waals surface area contributed by atoms with Crippen molar-refractivity contribution in [1.29, 1.82) is 0 Å². The lowest BCUT2D eigenvalue weighted by Gasteiger charge is -2.06. The molecule has 2 rings (SSSR count). The van der Waals surface area contributed by atoms with Crippen LogP contribution >= 0.6 is 11.3 Å². The molecule has 0 fully saturated rings. The van der Waals surface area contributed by atoms with Crippen LogP contribution in [0.1, 0.15) is 34.4 Å². The summed E-state index contributed by atoms with van der Waals surface area (Å²) in [5.41, 5.74) is 2.91. The maximum Gasteiger partial charge on any atom is 0.162 e. The van der Waals surface area contributed by atoms with Crippen LogP contribution in [0.3, 0.4) is 0 Å². The van der Waals surface area contributed by atoms with Gasteiger partial charge in [-0.15, -0.1) is 11.3 Å². The number of thiazole rings is 1. The number of hydrogen-bond donors (Lipinski definition) is 1. The average molecular weight is 274 g/mol. The van der Waals surface area contributed by atoms with E-state index in [4.69, 9.17) is 0 Å². The SMILES string of the molecule is CCC(=O)c1ccc(NCCc2nc(C)cs2)cc1. The number of carbonyl (C=O) groups excluding carboxylic acids is 1. The molecule has 1 aromatic heterocycles. The fourth-order valence-electron chi connectivity index (χ4n) is 1.81. The zero-order chi connectivity index (χ0) is 13.7. The molecule has 0 saturated heterocycles. The Morgan fingerprint density at radius 2 is 2.05 bits per heavy atom. The largest absolute Gasteiger partial charge is 0.385 e. The third kappa shape index (κ3) is 3.89. The molecule has 0 aliphatic carbocycles. The number of aromatic nitrogens is 1. The van der Waals surface area contributed by atoms with Gasteiger partial charge in [0.2, 0.25) is 0 Å². The van der Waals surface area contributed by atoms with Gasteiger partial charge in [0.15, 0.2) is 5.78 Å². The first-order chi connectivity index (χ1) is 9.19. The van der Waals surface area contributed by atoms with Gasteiger partial charge in [-0.1, -0.05) is 6.92 Å². The van der Waals surface area contributed by atoms with Gasteiger partial charge in [-0.25, -0.2) is 4.98 Å². The maximum absolute atomic E-state index is 11.5. The van der Waals surface area contributed by atoms with Gasteiger partial charge in [0, 0.05) is 41.7 Å². The summed E-state index contributed by atoms with van der Waals surface area (Å²) in [6.07, 6.45) is 1.48. The average Bonchev–Trinajstić information content (AvgIpc) is 2.84. The van der Waals surface area contributed by atoms with Gasteiger partial charge in [-0.05, 0) is 31.2 Å². The van der Waals surface area contributed by atoms with Crippen LogP contribution in [0.5, 0.6) is 0 Å². The van der Waals surface area contributed by atoms with E-state index in [1.807, 2.05) is 38.1 Å². The van der Waals surface area contributed by atoms with E-state index in [1.165, 1.54) is 0 Å². The minimum absolute atomic E-state index is 0.185. The van der Waals surface area contributed by atoms with E-state index < -0.39 is 0 Å². The van der Waals surface area contributed by atoms with Gasteiger partial charge < -0.3 is 5.32 Å². The van der Waals surface area contributed by atoms with E-state index in [-0.39, 0.29) is 5.78 Å². The molecule has 1 aromatic carbocycles. The molecule has 0 unspecified atom stereocenters. The minimum atomic E-state index is 0.185. The van der Waals surface area contributed by atoms with E-state index in [0.717, 1.165) is 34.9 Å². The summed E-state index contributed by atoms with van der Waals surface area (Å²) in [6.45, 7) is 4.75. The highest BCUT2D eigenvalue weighted by atomic mass is 32.1. The lowest BCUT2D eigenvalue weighted by molar-refractivity contribution is 0.0988. The van der Waals surface area contributed by atoms with Gasteiger partial charge in [-0.3, -0.25) is 4.79 Å². The monoisotopic (exact) mass is 274 g/mol. The smallest absolute Gasteiger partial charge is 0.162 e. The lowest BCUT2D eigenvalue weighted by atomic mass is 10.1. The van der Waals surface area contributed by atoms with Crippen LogP contribution < -0.4 is 5.32 Å². The van der Waals surface area contributed by atoms with Crippen LogP contribution in [0.25, 0.3) is 0 Å². The summed E-state index contributed by atoms with van der Waals surface area (Å²) in [6, 6.07) is 7.66. The molecule has 2 aromatic rings. The second-order valence-corrected chi connectivity index (χ2v) is 5.36. The minimum Gasteiger partial charge on any atom is -0.385 e.